The summed E-state index contributed by atoms with van der Waals surface area (Å²) in [4.78, 5) is 23.6. The zero-order valence-electron chi connectivity index (χ0n) is 9.50. The Morgan fingerprint density at radius 2 is 1.79 bits per heavy atom. The number of hydrogen-bond donors (Lipinski definition) is 1. The molecule has 0 spiro atoms. The number of carbonyl (C=O) groups is 2. The van der Waals surface area contributed by atoms with E-state index in [1.165, 1.54) is 11.8 Å². The molecule has 4 nitrogen and oxygen atoms in total. The molecule has 1 amide bonds. The fraction of sp³-hybridized carbons (Fsp3) is 0.800. The molecular formula is C10H19NO3. The lowest BCUT2D eigenvalue weighted by Crippen LogP contribution is -2.53. The number of nitrogens with zero attached hydrogens (tertiary/aromatic N) is 1. The lowest BCUT2D eigenvalue weighted by atomic mass is 10.0. The highest BCUT2D eigenvalue weighted by molar-refractivity contribution is 5.85. The summed E-state index contributed by atoms with van der Waals surface area (Å²) in [6, 6.07) is 0. The van der Waals surface area contributed by atoms with Crippen molar-refractivity contribution in [2.75, 3.05) is 6.54 Å². The summed E-state index contributed by atoms with van der Waals surface area (Å²) < 4.78 is 0. The average Bonchev–Trinajstić information content (AvgIpc) is 1.98. The van der Waals surface area contributed by atoms with Crippen molar-refractivity contribution in [1.82, 2.24) is 4.90 Å². The summed E-state index contributed by atoms with van der Waals surface area (Å²) in [5, 5.41) is 8.98. The van der Waals surface area contributed by atoms with Crippen molar-refractivity contribution in [3.05, 3.63) is 0 Å². The summed E-state index contributed by atoms with van der Waals surface area (Å²) >= 11 is 0. The third-order valence-corrected chi connectivity index (χ3v) is 2.13. The number of carbonyl (C=O) groups excluding carboxylic acids is 1. The fourth-order valence-corrected chi connectivity index (χ4v) is 1.23. The molecule has 0 aliphatic heterocycles. The second-order valence-corrected chi connectivity index (χ2v) is 4.39. The monoisotopic (exact) mass is 201 g/mol. The highest BCUT2D eigenvalue weighted by Gasteiger charge is 2.36. The van der Waals surface area contributed by atoms with Gasteiger partial charge < -0.3 is 10.0 Å². The van der Waals surface area contributed by atoms with Gasteiger partial charge in [0.2, 0.25) is 5.91 Å². The Morgan fingerprint density at radius 1 is 1.36 bits per heavy atom. The molecule has 1 N–H and O–H groups in total. The number of carboxylic acids is 1. The van der Waals surface area contributed by atoms with Gasteiger partial charge >= 0.3 is 5.97 Å². The van der Waals surface area contributed by atoms with Crippen LogP contribution in [0.5, 0.6) is 0 Å². The van der Waals surface area contributed by atoms with Gasteiger partial charge in [0.25, 0.3) is 0 Å². The number of amides is 1. The van der Waals surface area contributed by atoms with Crippen LogP contribution in [-0.2, 0) is 9.59 Å². The minimum Gasteiger partial charge on any atom is -0.480 e. The first-order valence-electron chi connectivity index (χ1n) is 4.71. The van der Waals surface area contributed by atoms with Crippen LogP contribution in [0.1, 0.15) is 34.6 Å². The second kappa shape index (κ2) is 4.44. The van der Waals surface area contributed by atoms with E-state index in [4.69, 9.17) is 5.11 Å². The molecule has 0 aliphatic carbocycles. The molecule has 0 atom stereocenters. The smallest absolute Gasteiger partial charge is 0.329 e. The Labute approximate surface area is 84.9 Å². The lowest BCUT2D eigenvalue weighted by molar-refractivity contribution is -0.156. The van der Waals surface area contributed by atoms with Crippen LogP contribution in [0.15, 0.2) is 0 Å². The molecule has 0 unspecified atom stereocenters. The molecule has 0 heterocycles. The molecule has 0 fully saturated rings. The minimum atomic E-state index is -1.13. The number of hydrogen-bond acceptors (Lipinski definition) is 2. The largest absolute Gasteiger partial charge is 0.480 e. The van der Waals surface area contributed by atoms with Gasteiger partial charge in [0.05, 0.1) is 0 Å². The molecule has 4 heteroatoms. The van der Waals surface area contributed by atoms with Gasteiger partial charge in [-0.05, 0) is 19.8 Å². The van der Waals surface area contributed by atoms with Gasteiger partial charge in [-0.1, -0.05) is 13.8 Å². The van der Waals surface area contributed by atoms with E-state index in [1.807, 2.05) is 13.8 Å². The Morgan fingerprint density at radius 3 is 2.00 bits per heavy atom. The maximum atomic E-state index is 11.3. The average molecular weight is 201 g/mol. The third kappa shape index (κ3) is 3.01. The molecule has 0 aliphatic rings. The predicted molar refractivity (Wildman–Crippen MR) is 53.9 cm³/mol. The van der Waals surface area contributed by atoms with Crippen LogP contribution in [0.3, 0.4) is 0 Å². The topological polar surface area (TPSA) is 57.6 Å². The van der Waals surface area contributed by atoms with Gasteiger partial charge in [-0.25, -0.2) is 4.79 Å². The molecule has 0 rings (SSSR count). The van der Waals surface area contributed by atoms with Gasteiger partial charge in [0, 0.05) is 13.5 Å². The van der Waals surface area contributed by atoms with Crippen molar-refractivity contribution in [3.63, 3.8) is 0 Å². The normalized spacial score (nSPS) is 11.6. The van der Waals surface area contributed by atoms with Crippen LogP contribution in [0.4, 0.5) is 0 Å². The van der Waals surface area contributed by atoms with E-state index in [9.17, 15) is 9.59 Å². The van der Waals surface area contributed by atoms with E-state index in [2.05, 4.69) is 0 Å². The van der Waals surface area contributed by atoms with Gasteiger partial charge in [-0.3, -0.25) is 4.79 Å². The Hall–Kier alpha value is -1.06. The number of aliphatic carboxylic acids is 1. The maximum absolute atomic E-state index is 11.3. The first-order chi connectivity index (χ1) is 6.19. The quantitative estimate of drug-likeness (QED) is 0.747. The van der Waals surface area contributed by atoms with E-state index in [0.717, 1.165) is 0 Å². The Bertz CT molecular complexity index is 234. The van der Waals surface area contributed by atoms with Gasteiger partial charge in [-0.15, -0.1) is 0 Å². The molecule has 0 bridgehead atoms. The molecule has 0 aromatic rings. The first kappa shape index (κ1) is 12.9. The molecular weight excluding hydrogens is 182 g/mol. The molecule has 0 aromatic heterocycles. The van der Waals surface area contributed by atoms with Crippen molar-refractivity contribution in [3.8, 4) is 0 Å². The van der Waals surface area contributed by atoms with Crippen molar-refractivity contribution >= 4 is 11.9 Å². The standard InChI is InChI=1S/C10H19NO3/c1-7(2)6-11(8(3)12)10(4,5)9(13)14/h7H,6H2,1-5H3,(H,13,14). The molecule has 14 heavy (non-hydrogen) atoms. The van der Waals surface area contributed by atoms with Crippen molar-refractivity contribution in [2.45, 2.75) is 40.2 Å². The molecule has 0 radical (unpaired) electrons. The van der Waals surface area contributed by atoms with E-state index in [0.29, 0.717) is 6.54 Å². The zero-order valence-corrected chi connectivity index (χ0v) is 9.50. The summed E-state index contributed by atoms with van der Waals surface area (Å²) in [6.45, 7) is 8.85. The maximum Gasteiger partial charge on any atom is 0.329 e. The molecule has 0 aromatic carbocycles. The van der Waals surface area contributed by atoms with E-state index < -0.39 is 11.5 Å². The van der Waals surface area contributed by atoms with Crippen molar-refractivity contribution < 1.29 is 14.7 Å². The van der Waals surface area contributed by atoms with Crippen LogP contribution < -0.4 is 0 Å². The van der Waals surface area contributed by atoms with E-state index >= 15 is 0 Å². The van der Waals surface area contributed by atoms with Crippen LogP contribution >= 0.6 is 0 Å². The summed E-state index contributed by atoms with van der Waals surface area (Å²) in [5.41, 5.74) is -1.13. The Balaban J connectivity index is 4.82. The third-order valence-electron chi connectivity index (χ3n) is 2.13. The lowest BCUT2D eigenvalue weighted by Gasteiger charge is -2.35. The van der Waals surface area contributed by atoms with Gasteiger partial charge in [0.1, 0.15) is 5.54 Å². The predicted octanol–water partition coefficient (Wildman–Crippen LogP) is 1.35. The number of carboxylic acid groups (broad SMARTS) is 1. The first-order valence-corrected chi connectivity index (χ1v) is 4.71. The van der Waals surface area contributed by atoms with E-state index in [-0.39, 0.29) is 11.8 Å². The zero-order chi connectivity index (χ0) is 11.5. The van der Waals surface area contributed by atoms with Gasteiger partial charge in [-0.2, -0.15) is 0 Å². The minimum absolute atomic E-state index is 0.203. The molecule has 0 saturated carbocycles. The number of rotatable bonds is 4. The SMILES string of the molecule is CC(=O)N(CC(C)C)C(C)(C)C(=O)O. The summed E-state index contributed by atoms with van der Waals surface area (Å²) in [7, 11) is 0. The summed E-state index contributed by atoms with van der Waals surface area (Å²) in [5.74, 6) is -0.919. The van der Waals surface area contributed by atoms with Crippen molar-refractivity contribution in [2.24, 2.45) is 5.92 Å². The fourth-order valence-electron chi connectivity index (χ4n) is 1.23. The summed E-state index contributed by atoms with van der Waals surface area (Å²) in [6.07, 6.45) is 0. The van der Waals surface area contributed by atoms with Crippen LogP contribution in [0.2, 0.25) is 0 Å². The molecule has 0 saturated heterocycles. The van der Waals surface area contributed by atoms with Crippen molar-refractivity contribution in [1.29, 1.82) is 0 Å². The molecule has 82 valence electrons. The van der Waals surface area contributed by atoms with Gasteiger partial charge in [0.15, 0.2) is 0 Å². The highest BCUT2D eigenvalue weighted by atomic mass is 16.4. The van der Waals surface area contributed by atoms with Crippen LogP contribution in [-0.4, -0.2) is 34.0 Å². The Kier molecular flexibility index (Phi) is 4.10. The highest BCUT2D eigenvalue weighted by Crippen LogP contribution is 2.16. The van der Waals surface area contributed by atoms with E-state index in [1.54, 1.807) is 13.8 Å². The van der Waals surface area contributed by atoms with Crippen LogP contribution in [0, 0.1) is 5.92 Å². The van der Waals surface area contributed by atoms with Crippen LogP contribution in [0.25, 0.3) is 0 Å². The second-order valence-electron chi connectivity index (χ2n) is 4.39.